The summed E-state index contributed by atoms with van der Waals surface area (Å²) in [4.78, 5) is 15.6. The smallest absolute Gasteiger partial charge is 0.246 e. The molecule has 1 fully saturated rings. The van der Waals surface area contributed by atoms with Gasteiger partial charge in [-0.3, -0.25) is 9.69 Å². The summed E-state index contributed by atoms with van der Waals surface area (Å²) in [6.07, 6.45) is 3.37. The molecule has 4 heteroatoms. The average Bonchev–Trinajstić information content (AvgIpc) is 2.16. The maximum absolute atomic E-state index is 11.6. The third-order valence-electron chi connectivity index (χ3n) is 2.60. The van der Waals surface area contributed by atoms with E-state index in [0.717, 1.165) is 26.2 Å². The molecule has 1 saturated heterocycles. The van der Waals surface area contributed by atoms with Crippen LogP contribution in [0.25, 0.3) is 0 Å². The molecule has 0 aromatic heterocycles. The van der Waals surface area contributed by atoms with Crippen molar-refractivity contribution in [1.82, 2.24) is 9.80 Å². The molecule has 0 atom stereocenters. The van der Waals surface area contributed by atoms with Gasteiger partial charge in [-0.15, -0.1) is 0 Å². The Labute approximate surface area is 97.5 Å². The van der Waals surface area contributed by atoms with Gasteiger partial charge in [0.05, 0.1) is 5.60 Å². The van der Waals surface area contributed by atoms with Gasteiger partial charge < -0.3 is 10.0 Å². The van der Waals surface area contributed by atoms with Gasteiger partial charge in [-0.05, 0) is 26.8 Å². The van der Waals surface area contributed by atoms with Crippen LogP contribution >= 0.6 is 0 Å². The molecule has 1 N–H and O–H groups in total. The third kappa shape index (κ3) is 4.33. The van der Waals surface area contributed by atoms with Gasteiger partial charge in [-0.25, -0.2) is 0 Å². The molecule has 0 unspecified atom stereocenters. The average molecular weight is 226 g/mol. The number of aliphatic hydroxyl groups is 1. The summed E-state index contributed by atoms with van der Waals surface area (Å²) >= 11 is 0. The van der Waals surface area contributed by atoms with Crippen molar-refractivity contribution in [3.63, 3.8) is 0 Å². The number of piperazine rings is 1. The van der Waals surface area contributed by atoms with Gasteiger partial charge in [0.2, 0.25) is 5.91 Å². The largest absolute Gasteiger partial charge is 0.389 e. The van der Waals surface area contributed by atoms with Crippen molar-refractivity contribution in [2.45, 2.75) is 26.4 Å². The van der Waals surface area contributed by atoms with Crippen LogP contribution in [0.15, 0.2) is 12.2 Å². The fourth-order valence-electron chi connectivity index (χ4n) is 1.92. The maximum Gasteiger partial charge on any atom is 0.246 e. The molecule has 0 aromatic rings. The van der Waals surface area contributed by atoms with Gasteiger partial charge >= 0.3 is 0 Å². The molecule has 1 aliphatic rings. The predicted molar refractivity (Wildman–Crippen MR) is 64.1 cm³/mol. The first kappa shape index (κ1) is 13.2. The van der Waals surface area contributed by atoms with Crippen LogP contribution in [0.3, 0.4) is 0 Å². The Bertz CT molecular complexity index is 261. The Balaban J connectivity index is 2.37. The number of hydrogen-bond donors (Lipinski definition) is 1. The predicted octanol–water partition coefficient (Wildman–Crippen LogP) is 0.478. The molecule has 4 nitrogen and oxygen atoms in total. The van der Waals surface area contributed by atoms with E-state index in [2.05, 4.69) is 4.90 Å². The third-order valence-corrected chi connectivity index (χ3v) is 2.60. The van der Waals surface area contributed by atoms with E-state index in [1.807, 2.05) is 25.7 Å². The standard InChI is InChI=1S/C12H22N2O2/c1-4-5-11(15)14-8-6-13(7-9-14)10-12(2,3)16/h4-5,16H,6-10H2,1-3H3. The highest BCUT2D eigenvalue weighted by Crippen LogP contribution is 2.08. The minimum absolute atomic E-state index is 0.0883. The van der Waals surface area contributed by atoms with E-state index < -0.39 is 5.60 Å². The van der Waals surface area contributed by atoms with Crippen molar-refractivity contribution in [2.75, 3.05) is 32.7 Å². The van der Waals surface area contributed by atoms with Gasteiger partial charge in [0.25, 0.3) is 0 Å². The van der Waals surface area contributed by atoms with E-state index in [1.165, 1.54) is 0 Å². The molecule has 0 aliphatic carbocycles. The molecule has 1 heterocycles. The minimum Gasteiger partial charge on any atom is -0.389 e. The Morgan fingerprint density at radius 3 is 2.31 bits per heavy atom. The number of β-amino-alcohol motifs (C(OH)–C–C–N with tert-alkyl or cyclic N) is 1. The molecule has 1 amide bonds. The summed E-state index contributed by atoms with van der Waals surface area (Å²) in [5.74, 6) is 0.0883. The van der Waals surface area contributed by atoms with Crippen molar-refractivity contribution < 1.29 is 9.90 Å². The van der Waals surface area contributed by atoms with Gasteiger partial charge in [0, 0.05) is 32.7 Å². The minimum atomic E-state index is -0.657. The second-order valence-corrected chi connectivity index (χ2v) is 4.91. The van der Waals surface area contributed by atoms with Crippen molar-refractivity contribution in [1.29, 1.82) is 0 Å². The van der Waals surface area contributed by atoms with Gasteiger partial charge in [-0.2, -0.15) is 0 Å². The van der Waals surface area contributed by atoms with Crippen molar-refractivity contribution in [3.05, 3.63) is 12.2 Å². The van der Waals surface area contributed by atoms with Crippen LogP contribution in [-0.2, 0) is 4.79 Å². The molecular formula is C12H22N2O2. The van der Waals surface area contributed by atoms with Crippen LogP contribution < -0.4 is 0 Å². The zero-order valence-electron chi connectivity index (χ0n) is 10.4. The molecule has 1 rings (SSSR count). The highest BCUT2D eigenvalue weighted by molar-refractivity contribution is 5.87. The Hall–Kier alpha value is -0.870. The molecular weight excluding hydrogens is 204 g/mol. The first-order chi connectivity index (χ1) is 7.42. The molecule has 92 valence electrons. The molecule has 0 spiro atoms. The number of hydrogen-bond acceptors (Lipinski definition) is 3. The van der Waals surface area contributed by atoms with Crippen molar-refractivity contribution in [3.8, 4) is 0 Å². The fourth-order valence-corrected chi connectivity index (χ4v) is 1.92. The Morgan fingerprint density at radius 1 is 1.31 bits per heavy atom. The second-order valence-electron chi connectivity index (χ2n) is 4.91. The summed E-state index contributed by atoms with van der Waals surface area (Å²) < 4.78 is 0. The molecule has 0 radical (unpaired) electrons. The van der Waals surface area contributed by atoms with E-state index in [-0.39, 0.29) is 5.91 Å². The number of carbonyl (C=O) groups is 1. The van der Waals surface area contributed by atoms with E-state index in [4.69, 9.17) is 0 Å². The van der Waals surface area contributed by atoms with Crippen LogP contribution in [0.1, 0.15) is 20.8 Å². The summed E-state index contributed by atoms with van der Waals surface area (Å²) in [6, 6.07) is 0. The quantitative estimate of drug-likeness (QED) is 0.712. The Kier molecular flexibility index (Phi) is 4.50. The first-order valence-electron chi connectivity index (χ1n) is 5.79. The summed E-state index contributed by atoms with van der Waals surface area (Å²) in [5, 5.41) is 9.70. The van der Waals surface area contributed by atoms with Crippen LogP contribution in [0, 0.1) is 0 Å². The van der Waals surface area contributed by atoms with Crippen LogP contribution in [0.5, 0.6) is 0 Å². The second kappa shape index (κ2) is 5.46. The maximum atomic E-state index is 11.6. The summed E-state index contributed by atoms with van der Waals surface area (Å²) in [7, 11) is 0. The summed E-state index contributed by atoms with van der Waals surface area (Å²) in [5.41, 5.74) is -0.657. The van der Waals surface area contributed by atoms with Gasteiger partial charge in [0.1, 0.15) is 0 Å². The summed E-state index contributed by atoms with van der Waals surface area (Å²) in [6.45, 7) is 9.31. The van der Waals surface area contributed by atoms with Crippen molar-refractivity contribution >= 4 is 5.91 Å². The lowest BCUT2D eigenvalue weighted by molar-refractivity contribution is -0.128. The lowest BCUT2D eigenvalue weighted by Gasteiger charge is -2.36. The zero-order chi connectivity index (χ0) is 12.2. The topological polar surface area (TPSA) is 43.8 Å². The van der Waals surface area contributed by atoms with E-state index in [1.54, 1.807) is 12.2 Å². The molecule has 16 heavy (non-hydrogen) atoms. The van der Waals surface area contributed by atoms with Crippen LogP contribution in [0.4, 0.5) is 0 Å². The number of amides is 1. The zero-order valence-corrected chi connectivity index (χ0v) is 10.4. The lowest BCUT2D eigenvalue weighted by atomic mass is 10.1. The van der Waals surface area contributed by atoms with E-state index in [9.17, 15) is 9.90 Å². The molecule has 1 aliphatic heterocycles. The van der Waals surface area contributed by atoms with Crippen LogP contribution in [-0.4, -0.2) is 59.1 Å². The molecule has 0 bridgehead atoms. The first-order valence-corrected chi connectivity index (χ1v) is 5.79. The lowest BCUT2D eigenvalue weighted by Crippen LogP contribution is -2.51. The highest BCUT2D eigenvalue weighted by Gasteiger charge is 2.23. The SMILES string of the molecule is CC=CC(=O)N1CCN(CC(C)(C)O)CC1. The number of allylic oxidation sites excluding steroid dienone is 1. The van der Waals surface area contributed by atoms with Gasteiger partial charge in [-0.1, -0.05) is 6.08 Å². The Morgan fingerprint density at radius 2 is 1.88 bits per heavy atom. The molecule has 0 saturated carbocycles. The molecule has 0 aromatic carbocycles. The fraction of sp³-hybridized carbons (Fsp3) is 0.750. The number of rotatable bonds is 3. The van der Waals surface area contributed by atoms with E-state index in [0.29, 0.717) is 6.54 Å². The normalized spacial score (nSPS) is 19.4. The highest BCUT2D eigenvalue weighted by atomic mass is 16.3. The number of carbonyl (C=O) groups excluding carboxylic acids is 1. The number of nitrogens with zero attached hydrogens (tertiary/aromatic N) is 2. The van der Waals surface area contributed by atoms with Crippen LogP contribution in [0.2, 0.25) is 0 Å². The monoisotopic (exact) mass is 226 g/mol. The van der Waals surface area contributed by atoms with E-state index >= 15 is 0 Å². The van der Waals surface area contributed by atoms with Gasteiger partial charge in [0.15, 0.2) is 0 Å². The van der Waals surface area contributed by atoms with Crippen molar-refractivity contribution in [2.24, 2.45) is 0 Å².